The van der Waals surface area contributed by atoms with Gasteiger partial charge in [-0.15, -0.1) is 0 Å². The molecule has 4 nitrogen and oxygen atoms in total. The van der Waals surface area contributed by atoms with Gasteiger partial charge in [0.1, 0.15) is 17.5 Å². The monoisotopic (exact) mass is 230 g/mol. The molecule has 3 N–H and O–H groups in total. The van der Waals surface area contributed by atoms with Gasteiger partial charge in [0.15, 0.2) is 0 Å². The smallest absolute Gasteiger partial charge is 0.143 e. The molecule has 1 heterocycles. The fourth-order valence-corrected chi connectivity index (χ4v) is 2.82. The molecule has 90 valence electrons. The number of nitrogens with one attached hydrogen (secondary N) is 1. The van der Waals surface area contributed by atoms with Crippen LogP contribution >= 0.6 is 0 Å². The van der Waals surface area contributed by atoms with Crippen LogP contribution in [0.25, 0.3) is 0 Å². The summed E-state index contributed by atoms with van der Waals surface area (Å²) in [6.07, 6.45) is 4.11. The molecule has 2 rings (SSSR count). The molecule has 1 aromatic rings. The number of aromatic nitrogens is 1. The summed E-state index contributed by atoms with van der Waals surface area (Å²) < 4.78 is 0. The summed E-state index contributed by atoms with van der Waals surface area (Å²) >= 11 is 0. The molecule has 1 aromatic heterocycles. The van der Waals surface area contributed by atoms with Gasteiger partial charge >= 0.3 is 0 Å². The lowest BCUT2D eigenvalue weighted by atomic mass is 9.64. The van der Waals surface area contributed by atoms with E-state index in [1.54, 1.807) is 12.3 Å². The average Bonchev–Trinajstić information content (AvgIpc) is 2.24. The molecule has 0 bridgehead atoms. The lowest BCUT2D eigenvalue weighted by Gasteiger charge is -2.44. The Labute approximate surface area is 102 Å². The Morgan fingerprint density at radius 1 is 1.65 bits per heavy atom. The Morgan fingerprint density at radius 3 is 2.94 bits per heavy atom. The molecule has 0 saturated heterocycles. The van der Waals surface area contributed by atoms with Gasteiger partial charge in [0.2, 0.25) is 0 Å². The zero-order chi connectivity index (χ0) is 12.5. The van der Waals surface area contributed by atoms with Crippen molar-refractivity contribution >= 4 is 11.5 Å². The molecule has 1 aliphatic carbocycles. The van der Waals surface area contributed by atoms with Gasteiger partial charge in [-0.1, -0.05) is 13.8 Å². The molecule has 0 amide bonds. The second-order valence-corrected chi connectivity index (χ2v) is 5.41. The largest absolute Gasteiger partial charge is 0.383 e. The van der Waals surface area contributed by atoms with E-state index in [0.29, 0.717) is 16.8 Å². The van der Waals surface area contributed by atoms with E-state index in [1.807, 2.05) is 0 Å². The van der Waals surface area contributed by atoms with Crippen LogP contribution in [0.15, 0.2) is 12.3 Å². The van der Waals surface area contributed by atoms with E-state index in [4.69, 9.17) is 11.0 Å². The highest BCUT2D eigenvalue weighted by Crippen LogP contribution is 2.45. The van der Waals surface area contributed by atoms with Crippen LogP contribution < -0.4 is 11.1 Å². The summed E-state index contributed by atoms with van der Waals surface area (Å²) in [6.45, 7) is 5.43. The fraction of sp³-hybridized carbons (Fsp3) is 0.538. The zero-order valence-electron chi connectivity index (χ0n) is 10.3. The van der Waals surface area contributed by atoms with Crippen molar-refractivity contribution in [1.29, 1.82) is 5.26 Å². The van der Waals surface area contributed by atoms with Crippen molar-refractivity contribution in [1.82, 2.24) is 4.98 Å². The number of nitrogen functional groups attached to an aromatic ring is 1. The molecule has 1 saturated carbocycles. The molecule has 0 atom stereocenters. The molecule has 17 heavy (non-hydrogen) atoms. The van der Waals surface area contributed by atoms with Crippen LogP contribution in [0.1, 0.15) is 32.3 Å². The molecule has 0 aromatic carbocycles. The van der Waals surface area contributed by atoms with Crippen molar-refractivity contribution in [2.45, 2.75) is 26.7 Å². The second kappa shape index (κ2) is 4.25. The van der Waals surface area contributed by atoms with Crippen LogP contribution in [-0.4, -0.2) is 11.5 Å². The van der Waals surface area contributed by atoms with E-state index in [9.17, 15) is 0 Å². The van der Waals surface area contributed by atoms with Crippen LogP contribution in [0.5, 0.6) is 0 Å². The Bertz CT molecular complexity index is 455. The van der Waals surface area contributed by atoms with Crippen molar-refractivity contribution in [3.05, 3.63) is 17.8 Å². The lowest BCUT2D eigenvalue weighted by molar-refractivity contribution is 0.103. The summed E-state index contributed by atoms with van der Waals surface area (Å²) in [7, 11) is 0. The molecule has 0 spiro atoms. The first-order chi connectivity index (χ1) is 8.04. The minimum absolute atomic E-state index is 0.296. The SMILES string of the molecule is CC1CC(C)(CNc2ccnc(N)c2C#N)C1. The highest BCUT2D eigenvalue weighted by atomic mass is 14.9. The summed E-state index contributed by atoms with van der Waals surface area (Å²) in [6, 6.07) is 3.90. The number of nitrogens with two attached hydrogens (primary N) is 1. The predicted molar refractivity (Wildman–Crippen MR) is 68.4 cm³/mol. The van der Waals surface area contributed by atoms with E-state index in [1.165, 1.54) is 12.8 Å². The Balaban J connectivity index is 2.05. The summed E-state index contributed by atoms with van der Waals surface area (Å²) in [5.74, 6) is 1.12. The molecule has 1 fully saturated rings. The highest BCUT2D eigenvalue weighted by Gasteiger charge is 2.37. The number of anilines is 2. The Kier molecular flexibility index (Phi) is 2.93. The molecular weight excluding hydrogens is 212 g/mol. The number of nitrogens with zero attached hydrogens (tertiary/aromatic N) is 2. The normalized spacial score (nSPS) is 27.0. The number of nitriles is 1. The van der Waals surface area contributed by atoms with Crippen molar-refractivity contribution in [2.24, 2.45) is 11.3 Å². The van der Waals surface area contributed by atoms with Crippen molar-refractivity contribution in [3.8, 4) is 6.07 Å². The van der Waals surface area contributed by atoms with Crippen LogP contribution in [-0.2, 0) is 0 Å². The molecule has 1 aliphatic rings. The van der Waals surface area contributed by atoms with Gasteiger partial charge in [-0.3, -0.25) is 0 Å². The first-order valence-electron chi connectivity index (χ1n) is 5.92. The van der Waals surface area contributed by atoms with Crippen LogP contribution in [0.2, 0.25) is 0 Å². The van der Waals surface area contributed by atoms with Crippen LogP contribution in [0.3, 0.4) is 0 Å². The van der Waals surface area contributed by atoms with Gasteiger partial charge in [-0.05, 0) is 30.2 Å². The van der Waals surface area contributed by atoms with Crippen LogP contribution in [0, 0.1) is 22.7 Å². The van der Waals surface area contributed by atoms with Crippen molar-refractivity contribution < 1.29 is 0 Å². The van der Waals surface area contributed by atoms with Crippen molar-refractivity contribution in [3.63, 3.8) is 0 Å². The van der Waals surface area contributed by atoms with Gasteiger partial charge in [0.25, 0.3) is 0 Å². The molecule has 0 aliphatic heterocycles. The van der Waals surface area contributed by atoms with E-state index in [2.05, 4.69) is 30.2 Å². The first-order valence-corrected chi connectivity index (χ1v) is 5.92. The second-order valence-electron chi connectivity index (χ2n) is 5.41. The zero-order valence-corrected chi connectivity index (χ0v) is 10.3. The summed E-state index contributed by atoms with van der Waals surface area (Å²) in [5.41, 5.74) is 7.26. The first kappa shape index (κ1) is 11.7. The maximum absolute atomic E-state index is 9.03. The third-order valence-electron chi connectivity index (χ3n) is 3.48. The van der Waals surface area contributed by atoms with E-state index in [0.717, 1.165) is 18.2 Å². The predicted octanol–water partition coefficient (Wildman–Crippen LogP) is 2.38. The third kappa shape index (κ3) is 2.33. The quantitative estimate of drug-likeness (QED) is 0.836. The number of hydrogen-bond donors (Lipinski definition) is 2. The number of rotatable bonds is 3. The fourth-order valence-electron chi connectivity index (χ4n) is 2.82. The van der Waals surface area contributed by atoms with Gasteiger partial charge in [0, 0.05) is 12.7 Å². The van der Waals surface area contributed by atoms with Gasteiger partial charge in [-0.25, -0.2) is 4.98 Å². The highest BCUT2D eigenvalue weighted by molar-refractivity contribution is 5.65. The Morgan fingerprint density at radius 2 is 2.35 bits per heavy atom. The molecule has 0 radical (unpaired) electrons. The number of hydrogen-bond acceptors (Lipinski definition) is 4. The maximum atomic E-state index is 9.03. The van der Waals surface area contributed by atoms with Crippen LogP contribution in [0.4, 0.5) is 11.5 Å². The third-order valence-corrected chi connectivity index (χ3v) is 3.48. The molecule has 0 unspecified atom stereocenters. The van der Waals surface area contributed by atoms with E-state index in [-0.39, 0.29) is 0 Å². The van der Waals surface area contributed by atoms with Crippen molar-refractivity contribution in [2.75, 3.05) is 17.6 Å². The standard InChI is InChI=1S/C13H18N4/c1-9-5-13(2,6-9)8-17-11-3-4-16-12(15)10(11)7-14/h3-4,9H,5-6,8H2,1-2H3,(H3,15,16,17). The minimum atomic E-state index is 0.296. The van der Waals surface area contributed by atoms with E-state index < -0.39 is 0 Å². The van der Waals surface area contributed by atoms with E-state index >= 15 is 0 Å². The summed E-state index contributed by atoms with van der Waals surface area (Å²) in [4.78, 5) is 3.92. The Hall–Kier alpha value is -1.76. The maximum Gasteiger partial charge on any atom is 0.143 e. The van der Waals surface area contributed by atoms with Gasteiger partial charge in [-0.2, -0.15) is 5.26 Å². The molecule has 4 heteroatoms. The number of pyridine rings is 1. The molecular formula is C13H18N4. The topological polar surface area (TPSA) is 74.7 Å². The summed E-state index contributed by atoms with van der Waals surface area (Å²) in [5, 5.41) is 12.4. The lowest BCUT2D eigenvalue weighted by Crippen LogP contribution is -2.39. The average molecular weight is 230 g/mol. The van der Waals surface area contributed by atoms with Gasteiger partial charge < -0.3 is 11.1 Å². The van der Waals surface area contributed by atoms with Gasteiger partial charge in [0.05, 0.1) is 5.69 Å². The minimum Gasteiger partial charge on any atom is -0.383 e.